The largest absolute Gasteiger partial charge is 0.368 e. The number of nitrogens with zero attached hydrogens (tertiary/aromatic N) is 4. The highest BCUT2D eigenvalue weighted by Crippen LogP contribution is 2.33. The van der Waals surface area contributed by atoms with Gasteiger partial charge in [0.15, 0.2) is 0 Å². The Morgan fingerprint density at radius 3 is 2.37 bits per heavy atom. The van der Waals surface area contributed by atoms with Crippen LogP contribution >= 0.6 is 0 Å². The molecule has 0 fully saturated rings. The third kappa shape index (κ3) is 3.77. The second kappa shape index (κ2) is 7.36. The zero-order valence-electron chi connectivity index (χ0n) is 15.0. The van der Waals surface area contributed by atoms with Crippen molar-refractivity contribution in [1.82, 2.24) is 19.7 Å². The van der Waals surface area contributed by atoms with E-state index < -0.39 is 16.6 Å². The summed E-state index contributed by atoms with van der Waals surface area (Å²) >= 11 is 0. The molecule has 1 unspecified atom stereocenters. The Kier molecular flexibility index (Phi) is 5.13. The summed E-state index contributed by atoms with van der Waals surface area (Å²) in [5.41, 5.74) is 7.26. The van der Waals surface area contributed by atoms with E-state index in [9.17, 15) is 13.4 Å². The zero-order valence-corrected chi connectivity index (χ0v) is 15.8. The number of hydrogen-bond donors (Lipinski definition) is 1. The van der Waals surface area contributed by atoms with Gasteiger partial charge in [0.2, 0.25) is 5.95 Å². The molecule has 27 heavy (non-hydrogen) atoms. The highest BCUT2D eigenvalue weighted by Gasteiger charge is 2.21. The van der Waals surface area contributed by atoms with Crippen LogP contribution in [-0.4, -0.2) is 30.2 Å². The molecule has 0 aliphatic carbocycles. The van der Waals surface area contributed by atoms with Gasteiger partial charge in [-0.15, -0.1) is 0 Å². The first-order valence-electron chi connectivity index (χ1n) is 8.15. The van der Waals surface area contributed by atoms with Crippen LogP contribution < -0.4 is 11.3 Å². The maximum Gasteiger partial charge on any atom is 0.267 e. The average molecular weight is 387 g/mol. The second-order valence-electron chi connectivity index (χ2n) is 6.17. The topological polar surface area (TPSA) is 104 Å². The highest BCUT2D eigenvalue weighted by atomic mass is 32.2. The summed E-state index contributed by atoms with van der Waals surface area (Å²) in [6.07, 6.45) is 1.47. The third-order valence-electron chi connectivity index (χ3n) is 3.85. The first-order valence-corrected chi connectivity index (χ1v) is 9.71. The molecule has 0 saturated heterocycles. The molecule has 2 heterocycles. The van der Waals surface area contributed by atoms with Crippen LogP contribution in [0, 0.1) is 5.82 Å². The summed E-state index contributed by atoms with van der Waals surface area (Å²) in [7, 11) is -1.49. The predicted octanol–water partition coefficient (Wildman–Crippen LogP) is 2.41. The SMILES string of the molecule is CC(C)n1nc(-c2c(-c3ccc(F)cc3)nc(N)nc2S(C)=O)ccc1=O. The minimum atomic E-state index is -1.49. The molecule has 0 aliphatic heterocycles. The molecule has 0 amide bonds. The van der Waals surface area contributed by atoms with Crippen LogP contribution in [-0.2, 0) is 10.8 Å². The molecule has 2 N–H and O–H groups in total. The highest BCUT2D eigenvalue weighted by molar-refractivity contribution is 7.84. The standard InChI is InChI=1S/C18H18FN5O2S/c1-10(2)24-14(25)9-8-13(23-24)15-16(11-4-6-12(19)7-5-11)21-18(20)22-17(15)27(3)26/h4-10H,1-3H3,(H2,20,21,22). The average Bonchev–Trinajstić information content (AvgIpc) is 2.62. The van der Waals surface area contributed by atoms with Gasteiger partial charge in [-0.2, -0.15) is 5.10 Å². The first kappa shape index (κ1) is 18.8. The van der Waals surface area contributed by atoms with E-state index in [1.54, 1.807) is 12.1 Å². The van der Waals surface area contributed by atoms with Crippen molar-refractivity contribution in [3.05, 3.63) is 52.6 Å². The Morgan fingerprint density at radius 1 is 1.11 bits per heavy atom. The van der Waals surface area contributed by atoms with Gasteiger partial charge in [0.25, 0.3) is 5.56 Å². The van der Waals surface area contributed by atoms with Crippen molar-refractivity contribution in [3.63, 3.8) is 0 Å². The predicted molar refractivity (Wildman–Crippen MR) is 102 cm³/mol. The normalized spacial score (nSPS) is 12.3. The van der Waals surface area contributed by atoms with Crippen LogP contribution in [0.2, 0.25) is 0 Å². The summed E-state index contributed by atoms with van der Waals surface area (Å²) in [5.74, 6) is -0.450. The molecule has 2 aromatic heterocycles. The van der Waals surface area contributed by atoms with E-state index in [0.29, 0.717) is 22.5 Å². The van der Waals surface area contributed by atoms with E-state index in [1.807, 2.05) is 13.8 Å². The molecule has 3 aromatic rings. The van der Waals surface area contributed by atoms with Crippen LogP contribution in [0.25, 0.3) is 22.5 Å². The van der Waals surface area contributed by atoms with E-state index in [4.69, 9.17) is 5.73 Å². The summed E-state index contributed by atoms with van der Waals surface area (Å²) in [5, 5.41) is 4.59. The van der Waals surface area contributed by atoms with Gasteiger partial charge in [-0.3, -0.25) is 9.00 Å². The number of aromatic nitrogens is 4. The van der Waals surface area contributed by atoms with Gasteiger partial charge >= 0.3 is 0 Å². The van der Waals surface area contributed by atoms with Crippen molar-refractivity contribution < 1.29 is 8.60 Å². The lowest BCUT2D eigenvalue weighted by Gasteiger charge is -2.15. The van der Waals surface area contributed by atoms with E-state index in [0.717, 1.165) is 0 Å². The number of halogens is 1. The molecule has 1 atom stereocenters. The van der Waals surface area contributed by atoms with Gasteiger partial charge in [0, 0.05) is 17.9 Å². The third-order valence-corrected chi connectivity index (χ3v) is 4.69. The molecule has 0 radical (unpaired) electrons. The van der Waals surface area contributed by atoms with E-state index in [-0.39, 0.29) is 22.6 Å². The molecule has 0 spiro atoms. The molecule has 0 bridgehead atoms. The number of rotatable bonds is 4. The lowest BCUT2D eigenvalue weighted by molar-refractivity contribution is 0.504. The number of anilines is 1. The maximum atomic E-state index is 13.3. The molecule has 7 nitrogen and oxygen atoms in total. The fraction of sp³-hybridized carbons (Fsp3) is 0.222. The van der Waals surface area contributed by atoms with E-state index in [1.165, 1.54) is 35.2 Å². The van der Waals surface area contributed by atoms with Crippen LogP contribution in [0.15, 0.2) is 46.2 Å². The van der Waals surface area contributed by atoms with Crippen LogP contribution in [0.1, 0.15) is 19.9 Å². The molecular weight excluding hydrogens is 369 g/mol. The Hall–Kier alpha value is -2.94. The van der Waals surface area contributed by atoms with Gasteiger partial charge in [-0.1, -0.05) is 0 Å². The summed E-state index contributed by atoms with van der Waals surface area (Å²) < 4.78 is 27.0. The number of nitrogen functional groups attached to an aromatic ring is 1. The van der Waals surface area contributed by atoms with Crippen molar-refractivity contribution in [1.29, 1.82) is 0 Å². The first-order chi connectivity index (χ1) is 12.8. The fourth-order valence-corrected chi connectivity index (χ4v) is 3.35. The lowest BCUT2D eigenvalue weighted by atomic mass is 10.0. The fourth-order valence-electron chi connectivity index (χ4n) is 2.64. The number of hydrogen-bond acceptors (Lipinski definition) is 6. The monoisotopic (exact) mass is 387 g/mol. The molecule has 140 valence electrons. The lowest BCUT2D eigenvalue weighted by Crippen LogP contribution is -2.24. The van der Waals surface area contributed by atoms with Crippen molar-refractivity contribution in [2.24, 2.45) is 0 Å². The van der Waals surface area contributed by atoms with Crippen LogP contribution in [0.3, 0.4) is 0 Å². The minimum Gasteiger partial charge on any atom is -0.368 e. The molecule has 1 aromatic carbocycles. The maximum absolute atomic E-state index is 13.3. The molecule has 0 aliphatic rings. The van der Waals surface area contributed by atoms with Crippen molar-refractivity contribution >= 4 is 16.7 Å². The van der Waals surface area contributed by atoms with Gasteiger partial charge in [-0.25, -0.2) is 19.0 Å². The Morgan fingerprint density at radius 2 is 1.78 bits per heavy atom. The second-order valence-corrected chi connectivity index (χ2v) is 7.46. The summed E-state index contributed by atoms with van der Waals surface area (Å²) in [6, 6.07) is 8.42. The smallest absolute Gasteiger partial charge is 0.267 e. The quantitative estimate of drug-likeness (QED) is 0.690. The van der Waals surface area contributed by atoms with Crippen molar-refractivity contribution in [2.45, 2.75) is 24.9 Å². The van der Waals surface area contributed by atoms with Crippen LogP contribution in [0.5, 0.6) is 0 Å². The van der Waals surface area contributed by atoms with Gasteiger partial charge < -0.3 is 5.73 Å². The van der Waals surface area contributed by atoms with Crippen LogP contribution in [0.4, 0.5) is 10.3 Å². The Labute approximate surface area is 157 Å². The van der Waals surface area contributed by atoms with E-state index in [2.05, 4.69) is 15.1 Å². The number of benzene rings is 1. The number of nitrogens with two attached hydrogens (primary N) is 1. The Bertz CT molecular complexity index is 1080. The van der Waals surface area contributed by atoms with Crippen molar-refractivity contribution in [2.75, 3.05) is 12.0 Å². The summed E-state index contributed by atoms with van der Waals surface area (Å²) in [4.78, 5) is 20.4. The zero-order chi connectivity index (χ0) is 19.7. The van der Waals surface area contributed by atoms with Gasteiger partial charge in [0.1, 0.15) is 10.8 Å². The molecule has 9 heteroatoms. The molecule has 0 saturated carbocycles. The summed E-state index contributed by atoms with van der Waals surface area (Å²) in [6.45, 7) is 3.66. The van der Waals surface area contributed by atoms with E-state index >= 15 is 0 Å². The Balaban J connectivity index is 2.37. The van der Waals surface area contributed by atoms with Gasteiger partial charge in [-0.05, 0) is 44.2 Å². The molecular formula is C18H18FN5O2S. The van der Waals surface area contributed by atoms with Gasteiger partial charge in [0.05, 0.1) is 33.8 Å². The van der Waals surface area contributed by atoms with Crippen molar-refractivity contribution in [3.8, 4) is 22.5 Å². The minimum absolute atomic E-state index is 0.0551. The molecule has 3 rings (SSSR count).